The van der Waals surface area contributed by atoms with Gasteiger partial charge in [-0.1, -0.05) is 0 Å². The third-order valence-electron chi connectivity index (χ3n) is 2.28. The van der Waals surface area contributed by atoms with E-state index in [0.29, 0.717) is 5.75 Å². The number of nitrogens with one attached hydrogen (secondary N) is 1. The van der Waals surface area contributed by atoms with E-state index < -0.39 is 0 Å². The van der Waals surface area contributed by atoms with Gasteiger partial charge in [-0.05, 0) is 36.6 Å². The maximum Gasteiger partial charge on any atom is 0.308 e. The Balaban J connectivity index is 2.24. The molecule has 3 nitrogen and oxygen atoms in total. The topological polar surface area (TPSA) is 38.3 Å². The Labute approximate surface area is 83.1 Å². The highest BCUT2D eigenvalue weighted by Gasteiger charge is 2.09. The van der Waals surface area contributed by atoms with E-state index in [1.54, 1.807) is 0 Å². The molecule has 74 valence electrons. The minimum absolute atomic E-state index is 0.270. The summed E-state index contributed by atoms with van der Waals surface area (Å²) in [6.45, 7) is 2.44. The number of carbonyl (C=O) groups is 1. The first-order valence-electron chi connectivity index (χ1n) is 4.81. The van der Waals surface area contributed by atoms with Gasteiger partial charge in [-0.3, -0.25) is 4.79 Å². The lowest BCUT2D eigenvalue weighted by Crippen LogP contribution is -2.12. The lowest BCUT2D eigenvalue weighted by molar-refractivity contribution is -0.131. The van der Waals surface area contributed by atoms with Crippen molar-refractivity contribution in [3.63, 3.8) is 0 Å². The Morgan fingerprint density at radius 2 is 2.36 bits per heavy atom. The van der Waals surface area contributed by atoms with Crippen molar-refractivity contribution in [1.82, 2.24) is 0 Å². The fourth-order valence-corrected chi connectivity index (χ4v) is 1.68. The van der Waals surface area contributed by atoms with Gasteiger partial charge in [-0.25, -0.2) is 0 Å². The summed E-state index contributed by atoms with van der Waals surface area (Å²) in [4.78, 5) is 10.7. The second-order valence-electron chi connectivity index (χ2n) is 3.44. The van der Waals surface area contributed by atoms with E-state index in [1.807, 2.05) is 18.2 Å². The minimum Gasteiger partial charge on any atom is -0.427 e. The molecular formula is C11H13NO2. The SMILES string of the molecule is CC(=O)Oc1ccc2c(c1)CCCN2. The smallest absolute Gasteiger partial charge is 0.308 e. The quantitative estimate of drug-likeness (QED) is 0.544. The van der Waals surface area contributed by atoms with E-state index in [0.717, 1.165) is 25.1 Å². The first-order valence-corrected chi connectivity index (χ1v) is 4.81. The number of rotatable bonds is 1. The van der Waals surface area contributed by atoms with Crippen molar-refractivity contribution in [2.24, 2.45) is 0 Å². The highest BCUT2D eigenvalue weighted by Crippen LogP contribution is 2.26. The van der Waals surface area contributed by atoms with Gasteiger partial charge in [0.15, 0.2) is 0 Å². The molecule has 0 atom stereocenters. The van der Waals surface area contributed by atoms with Crippen LogP contribution >= 0.6 is 0 Å². The summed E-state index contributed by atoms with van der Waals surface area (Å²) >= 11 is 0. The summed E-state index contributed by atoms with van der Waals surface area (Å²) in [6, 6.07) is 5.72. The zero-order valence-corrected chi connectivity index (χ0v) is 8.17. The third-order valence-corrected chi connectivity index (χ3v) is 2.28. The van der Waals surface area contributed by atoms with Crippen LogP contribution in [0.25, 0.3) is 0 Å². The van der Waals surface area contributed by atoms with Crippen LogP contribution < -0.4 is 10.1 Å². The third kappa shape index (κ3) is 1.87. The number of carbonyl (C=O) groups excluding carboxylic acids is 1. The number of fused-ring (bicyclic) bond motifs is 1. The average Bonchev–Trinajstić information content (AvgIpc) is 2.17. The highest BCUT2D eigenvalue weighted by atomic mass is 16.5. The fourth-order valence-electron chi connectivity index (χ4n) is 1.68. The van der Waals surface area contributed by atoms with E-state index in [2.05, 4.69) is 5.32 Å². The zero-order chi connectivity index (χ0) is 9.97. The largest absolute Gasteiger partial charge is 0.427 e. The molecule has 0 saturated carbocycles. The maximum absolute atomic E-state index is 10.7. The Hall–Kier alpha value is -1.51. The average molecular weight is 191 g/mol. The second kappa shape index (κ2) is 3.70. The molecule has 0 aliphatic carbocycles. The minimum atomic E-state index is -0.270. The van der Waals surface area contributed by atoms with Crippen LogP contribution in [0.5, 0.6) is 5.75 Å². The van der Waals surface area contributed by atoms with Crippen LogP contribution in [0.3, 0.4) is 0 Å². The highest BCUT2D eigenvalue weighted by molar-refractivity contribution is 5.70. The predicted octanol–water partition coefficient (Wildman–Crippen LogP) is 1.97. The summed E-state index contributed by atoms with van der Waals surface area (Å²) in [5.41, 5.74) is 2.39. The van der Waals surface area contributed by atoms with E-state index in [-0.39, 0.29) is 5.97 Å². The van der Waals surface area contributed by atoms with Gasteiger partial charge in [-0.15, -0.1) is 0 Å². The van der Waals surface area contributed by atoms with Gasteiger partial charge >= 0.3 is 5.97 Å². The van der Waals surface area contributed by atoms with Crippen molar-refractivity contribution in [3.05, 3.63) is 23.8 Å². The number of hydrogen-bond acceptors (Lipinski definition) is 3. The number of anilines is 1. The Kier molecular flexibility index (Phi) is 2.39. The molecule has 0 fully saturated rings. The lowest BCUT2D eigenvalue weighted by Gasteiger charge is -2.18. The van der Waals surface area contributed by atoms with Crippen LogP contribution in [-0.4, -0.2) is 12.5 Å². The molecule has 1 heterocycles. The number of benzene rings is 1. The van der Waals surface area contributed by atoms with Gasteiger partial charge < -0.3 is 10.1 Å². The number of aryl methyl sites for hydroxylation is 1. The summed E-state index contributed by atoms with van der Waals surface area (Å²) in [7, 11) is 0. The summed E-state index contributed by atoms with van der Waals surface area (Å²) in [5.74, 6) is 0.369. The molecule has 0 amide bonds. The standard InChI is InChI=1S/C11H13NO2/c1-8(13)14-10-4-5-11-9(7-10)3-2-6-12-11/h4-5,7,12H,2-3,6H2,1H3. The van der Waals surface area contributed by atoms with Gasteiger partial charge in [0.25, 0.3) is 0 Å². The molecule has 1 aliphatic rings. The van der Waals surface area contributed by atoms with E-state index in [9.17, 15) is 4.79 Å². The normalized spacial score (nSPS) is 14.1. The van der Waals surface area contributed by atoms with Crippen LogP contribution in [0.15, 0.2) is 18.2 Å². The Morgan fingerprint density at radius 1 is 1.50 bits per heavy atom. The predicted molar refractivity (Wildman–Crippen MR) is 54.6 cm³/mol. The first kappa shape index (κ1) is 9.06. The monoisotopic (exact) mass is 191 g/mol. The van der Waals surface area contributed by atoms with Gasteiger partial charge in [0.05, 0.1) is 0 Å². The molecule has 1 aliphatic heterocycles. The van der Waals surface area contributed by atoms with Crippen molar-refractivity contribution in [3.8, 4) is 5.75 Å². The molecule has 0 saturated heterocycles. The summed E-state index contributed by atoms with van der Waals surface area (Å²) in [5, 5.41) is 3.30. The van der Waals surface area contributed by atoms with Gasteiger partial charge in [0.1, 0.15) is 5.75 Å². The van der Waals surface area contributed by atoms with Crippen LogP contribution in [0, 0.1) is 0 Å². The fraction of sp³-hybridized carbons (Fsp3) is 0.364. The molecule has 0 radical (unpaired) electrons. The number of hydrogen-bond donors (Lipinski definition) is 1. The molecule has 1 N–H and O–H groups in total. The maximum atomic E-state index is 10.7. The number of esters is 1. The second-order valence-corrected chi connectivity index (χ2v) is 3.44. The molecule has 14 heavy (non-hydrogen) atoms. The van der Waals surface area contributed by atoms with Crippen molar-refractivity contribution >= 4 is 11.7 Å². The Bertz CT molecular complexity index is 360. The van der Waals surface area contributed by atoms with Crippen LogP contribution in [0.1, 0.15) is 18.9 Å². The molecule has 2 rings (SSSR count). The first-order chi connectivity index (χ1) is 6.75. The van der Waals surface area contributed by atoms with Crippen molar-refractivity contribution < 1.29 is 9.53 Å². The van der Waals surface area contributed by atoms with E-state index in [4.69, 9.17) is 4.74 Å². The molecular weight excluding hydrogens is 178 g/mol. The van der Waals surface area contributed by atoms with Crippen molar-refractivity contribution in [2.75, 3.05) is 11.9 Å². The van der Waals surface area contributed by atoms with Crippen LogP contribution in [0.4, 0.5) is 5.69 Å². The van der Waals surface area contributed by atoms with Crippen molar-refractivity contribution in [1.29, 1.82) is 0 Å². The summed E-state index contributed by atoms with van der Waals surface area (Å²) in [6.07, 6.45) is 2.19. The molecule has 0 bridgehead atoms. The molecule has 0 spiro atoms. The lowest BCUT2D eigenvalue weighted by atomic mass is 10.0. The van der Waals surface area contributed by atoms with Gasteiger partial charge in [0, 0.05) is 19.2 Å². The van der Waals surface area contributed by atoms with E-state index in [1.165, 1.54) is 12.5 Å². The van der Waals surface area contributed by atoms with Gasteiger partial charge in [-0.2, -0.15) is 0 Å². The van der Waals surface area contributed by atoms with Gasteiger partial charge in [0.2, 0.25) is 0 Å². The molecule has 0 unspecified atom stereocenters. The van der Waals surface area contributed by atoms with Crippen LogP contribution in [-0.2, 0) is 11.2 Å². The molecule has 1 aromatic rings. The summed E-state index contributed by atoms with van der Waals surface area (Å²) < 4.78 is 5.01. The molecule has 0 aromatic heterocycles. The Morgan fingerprint density at radius 3 is 3.14 bits per heavy atom. The van der Waals surface area contributed by atoms with Crippen molar-refractivity contribution in [2.45, 2.75) is 19.8 Å². The number of ether oxygens (including phenoxy) is 1. The van der Waals surface area contributed by atoms with Crippen LogP contribution in [0.2, 0.25) is 0 Å². The molecule has 3 heteroatoms. The van der Waals surface area contributed by atoms with E-state index >= 15 is 0 Å². The zero-order valence-electron chi connectivity index (χ0n) is 8.17. The molecule has 1 aromatic carbocycles.